The van der Waals surface area contributed by atoms with Crippen molar-refractivity contribution in [2.24, 2.45) is 0 Å². The molecular weight excluding hydrogens is 565 g/mol. The van der Waals surface area contributed by atoms with E-state index in [2.05, 4.69) is 5.32 Å². The van der Waals surface area contributed by atoms with Gasteiger partial charge in [0.25, 0.3) is 0 Å². The average Bonchev–Trinajstić information content (AvgIpc) is 2.98. The predicted molar refractivity (Wildman–Crippen MR) is 155 cm³/mol. The first-order chi connectivity index (χ1) is 20.0. The first kappa shape index (κ1) is 32.3. The summed E-state index contributed by atoms with van der Waals surface area (Å²) in [4.78, 5) is 48.7. The van der Waals surface area contributed by atoms with Crippen LogP contribution in [0.25, 0.3) is 10.8 Å². The molecule has 0 aliphatic carbocycles. The van der Waals surface area contributed by atoms with Crippen molar-refractivity contribution in [2.75, 3.05) is 33.0 Å². The van der Waals surface area contributed by atoms with Gasteiger partial charge in [-0.2, -0.15) is 0 Å². The number of carboxylic acids is 1. The molecule has 0 saturated carbocycles. The molecule has 12 heteroatoms. The van der Waals surface area contributed by atoms with Crippen LogP contribution in [0.15, 0.2) is 60.7 Å². The Hall–Kier alpha value is -4.21. The minimum Gasteiger partial charge on any atom is -0.496 e. The van der Waals surface area contributed by atoms with Gasteiger partial charge >= 0.3 is 19.5 Å². The Bertz CT molecular complexity index is 1470. The standard InChI is InChI=1S/C30H34NO10P/c1-4-39-29(34)19-40-42(37,41-24-8-6-5-7-9-24)15-14-31-28(33)13-12-26(32)25-17-23-16-21(20(2)30(35)36)10-11-22(23)18-27(25)38-3/h5-11,16-18,20H,4,12-15,19H2,1-3H3,(H,31,33)(H,35,36)/t20-,42?/m1/s1. The normalized spacial score (nSPS) is 13.0. The number of carboxylic acid groups (broad SMARTS) is 1. The van der Waals surface area contributed by atoms with Gasteiger partial charge in [0.15, 0.2) is 12.4 Å². The van der Waals surface area contributed by atoms with Gasteiger partial charge in [0.05, 0.1) is 31.4 Å². The van der Waals surface area contributed by atoms with Crippen LogP contribution < -0.4 is 14.6 Å². The second-order valence-electron chi connectivity index (χ2n) is 9.31. The third kappa shape index (κ3) is 9.15. The van der Waals surface area contributed by atoms with Crippen LogP contribution in [0.3, 0.4) is 0 Å². The number of para-hydroxylation sites is 1. The van der Waals surface area contributed by atoms with Crippen molar-refractivity contribution < 1.29 is 47.4 Å². The van der Waals surface area contributed by atoms with Crippen molar-refractivity contribution in [3.63, 3.8) is 0 Å². The summed E-state index contributed by atoms with van der Waals surface area (Å²) < 4.78 is 34.3. The molecule has 42 heavy (non-hydrogen) atoms. The summed E-state index contributed by atoms with van der Waals surface area (Å²) in [5.74, 6) is -2.57. The number of Topliss-reactive ketones (excluding diaryl/α,β-unsaturated/α-hetero) is 1. The van der Waals surface area contributed by atoms with Gasteiger partial charge < -0.3 is 24.4 Å². The highest BCUT2D eigenvalue weighted by Gasteiger charge is 2.28. The average molecular weight is 600 g/mol. The molecule has 0 aliphatic heterocycles. The molecule has 0 aliphatic rings. The summed E-state index contributed by atoms with van der Waals surface area (Å²) in [5.41, 5.74) is 0.865. The van der Waals surface area contributed by atoms with Gasteiger partial charge in [0.2, 0.25) is 5.91 Å². The second kappa shape index (κ2) is 15.1. The number of esters is 1. The van der Waals surface area contributed by atoms with Crippen LogP contribution in [0.5, 0.6) is 11.5 Å². The number of fused-ring (bicyclic) bond motifs is 1. The Morgan fingerprint density at radius 3 is 2.38 bits per heavy atom. The van der Waals surface area contributed by atoms with Crippen molar-refractivity contribution in [2.45, 2.75) is 32.6 Å². The van der Waals surface area contributed by atoms with Gasteiger partial charge in [-0.25, -0.2) is 9.36 Å². The largest absolute Gasteiger partial charge is 0.496 e. The van der Waals surface area contributed by atoms with E-state index in [0.717, 1.165) is 5.39 Å². The first-order valence-corrected chi connectivity index (χ1v) is 15.1. The molecule has 0 aromatic heterocycles. The van der Waals surface area contributed by atoms with E-state index in [1.165, 1.54) is 7.11 Å². The lowest BCUT2D eigenvalue weighted by atomic mass is 9.95. The fourth-order valence-corrected chi connectivity index (χ4v) is 5.41. The fourth-order valence-electron chi connectivity index (χ4n) is 4.01. The van der Waals surface area contributed by atoms with Gasteiger partial charge in [-0.3, -0.25) is 18.9 Å². The van der Waals surface area contributed by atoms with Gasteiger partial charge in [-0.15, -0.1) is 0 Å². The smallest absolute Gasteiger partial charge is 0.381 e. The Kier molecular flexibility index (Phi) is 11.6. The lowest BCUT2D eigenvalue weighted by Crippen LogP contribution is -2.28. The van der Waals surface area contributed by atoms with Crippen LogP contribution in [0.1, 0.15) is 48.5 Å². The van der Waals surface area contributed by atoms with Crippen LogP contribution in [-0.2, 0) is 28.2 Å². The van der Waals surface area contributed by atoms with Gasteiger partial charge in [0, 0.05) is 19.4 Å². The molecule has 0 radical (unpaired) electrons. The molecule has 1 amide bonds. The number of methoxy groups -OCH3 is 1. The van der Waals surface area contributed by atoms with Crippen molar-refractivity contribution in [3.05, 3.63) is 71.8 Å². The van der Waals surface area contributed by atoms with E-state index in [1.54, 1.807) is 74.5 Å². The molecule has 3 aromatic carbocycles. The summed E-state index contributed by atoms with van der Waals surface area (Å²) in [6.45, 7) is 2.68. The van der Waals surface area contributed by atoms with Gasteiger partial charge in [-0.05, 0) is 54.4 Å². The molecule has 2 atom stereocenters. The van der Waals surface area contributed by atoms with E-state index >= 15 is 0 Å². The second-order valence-corrected chi connectivity index (χ2v) is 11.4. The Morgan fingerprint density at radius 2 is 1.71 bits per heavy atom. The van der Waals surface area contributed by atoms with E-state index in [-0.39, 0.29) is 49.3 Å². The highest BCUT2D eigenvalue weighted by Crippen LogP contribution is 2.47. The number of rotatable bonds is 16. The molecule has 224 valence electrons. The summed E-state index contributed by atoms with van der Waals surface area (Å²) in [7, 11) is -2.41. The minimum absolute atomic E-state index is 0.0935. The Balaban J connectivity index is 1.61. The quantitative estimate of drug-likeness (QED) is 0.131. The maximum atomic E-state index is 13.3. The minimum atomic E-state index is -3.85. The number of nitrogens with one attached hydrogen (secondary N) is 1. The van der Waals surface area contributed by atoms with Crippen LogP contribution in [0, 0.1) is 0 Å². The maximum absolute atomic E-state index is 13.3. The number of carbonyl (C=O) groups excluding carboxylic acids is 3. The SMILES string of the molecule is CCOC(=O)COP(=O)(CCNC(=O)CCC(=O)c1cc2cc([C@@H](C)C(=O)O)ccc2cc1OC)Oc1ccccc1. The number of ketones is 1. The third-order valence-electron chi connectivity index (χ3n) is 6.31. The highest BCUT2D eigenvalue weighted by molar-refractivity contribution is 7.54. The third-order valence-corrected chi connectivity index (χ3v) is 8.10. The Morgan fingerprint density at radius 1 is 0.976 bits per heavy atom. The van der Waals surface area contributed by atoms with Crippen LogP contribution >= 0.6 is 7.60 Å². The summed E-state index contributed by atoms with van der Waals surface area (Å²) in [5, 5.41) is 13.4. The number of benzene rings is 3. The zero-order chi connectivity index (χ0) is 30.7. The molecule has 11 nitrogen and oxygen atoms in total. The maximum Gasteiger partial charge on any atom is 0.381 e. The summed E-state index contributed by atoms with van der Waals surface area (Å²) >= 11 is 0. The number of hydrogen-bond acceptors (Lipinski definition) is 9. The topological polar surface area (TPSA) is 155 Å². The molecule has 0 fully saturated rings. The molecule has 0 bridgehead atoms. The number of carbonyl (C=O) groups is 4. The van der Waals surface area contributed by atoms with Crippen LogP contribution in [0.2, 0.25) is 0 Å². The van der Waals surface area contributed by atoms with E-state index < -0.39 is 38.0 Å². The van der Waals surface area contributed by atoms with E-state index in [9.17, 15) is 28.8 Å². The van der Waals surface area contributed by atoms with Gasteiger partial charge in [0.1, 0.15) is 11.5 Å². The number of ether oxygens (including phenoxy) is 2. The highest BCUT2D eigenvalue weighted by atomic mass is 31.2. The monoisotopic (exact) mass is 599 g/mol. The zero-order valence-electron chi connectivity index (χ0n) is 23.7. The first-order valence-electron chi connectivity index (χ1n) is 13.3. The molecule has 0 spiro atoms. The molecule has 3 aromatic rings. The van der Waals surface area contributed by atoms with Crippen molar-refractivity contribution in [1.29, 1.82) is 0 Å². The van der Waals surface area contributed by atoms with Crippen LogP contribution in [-0.4, -0.2) is 61.8 Å². The predicted octanol–water partition coefficient (Wildman–Crippen LogP) is 4.97. The zero-order valence-corrected chi connectivity index (χ0v) is 24.6. The van der Waals surface area contributed by atoms with Crippen LogP contribution in [0.4, 0.5) is 0 Å². The van der Waals surface area contributed by atoms with E-state index in [4.69, 9.17) is 18.5 Å². The molecular formula is C30H34NO10P. The molecule has 2 N–H and O–H groups in total. The summed E-state index contributed by atoms with van der Waals surface area (Å²) in [6, 6.07) is 16.8. The van der Waals surface area contributed by atoms with Crippen molar-refractivity contribution in [1.82, 2.24) is 5.32 Å². The summed E-state index contributed by atoms with van der Waals surface area (Å²) in [6.07, 6.45) is -0.503. The molecule has 0 saturated heterocycles. The van der Waals surface area contributed by atoms with E-state index in [0.29, 0.717) is 16.7 Å². The van der Waals surface area contributed by atoms with Crippen molar-refractivity contribution >= 4 is 42.0 Å². The van der Waals surface area contributed by atoms with E-state index in [1.807, 2.05) is 0 Å². The lowest BCUT2D eigenvalue weighted by Gasteiger charge is -2.19. The number of amides is 1. The Labute approximate surface area is 243 Å². The number of aliphatic carboxylic acids is 1. The van der Waals surface area contributed by atoms with Crippen molar-refractivity contribution in [3.8, 4) is 11.5 Å². The number of hydrogen-bond donors (Lipinski definition) is 2. The molecule has 1 unspecified atom stereocenters. The van der Waals surface area contributed by atoms with Gasteiger partial charge in [-0.1, -0.05) is 36.4 Å². The molecule has 3 rings (SSSR count). The lowest BCUT2D eigenvalue weighted by molar-refractivity contribution is -0.145. The molecule has 0 heterocycles. The fraction of sp³-hybridized carbons (Fsp3) is 0.333.